The molecule has 0 spiro atoms. The van der Waals surface area contributed by atoms with Crippen LogP contribution in [0.4, 0.5) is 0 Å². The molecule has 0 aromatic carbocycles. The van der Waals surface area contributed by atoms with Gasteiger partial charge in [-0.05, 0) is 32.0 Å². The maximum atomic E-state index is 8.39. The molecule has 11 heavy (non-hydrogen) atoms. The minimum absolute atomic E-state index is 0. The van der Waals surface area contributed by atoms with Crippen LogP contribution in [0.25, 0.3) is 0 Å². The quantitative estimate of drug-likeness (QED) is 0.652. The van der Waals surface area contributed by atoms with Gasteiger partial charge in [0.05, 0.1) is 6.26 Å². The second-order valence-corrected chi connectivity index (χ2v) is 2.75. The molecule has 2 nitrogen and oxygen atoms in total. The monoisotopic (exact) mass is 177 g/mol. The van der Waals surface area contributed by atoms with E-state index in [9.17, 15) is 0 Å². The number of piperidine rings is 1. The highest BCUT2D eigenvalue weighted by atomic mass is 35.5. The van der Waals surface area contributed by atoms with Crippen LogP contribution in [0, 0.1) is 0 Å². The average molecular weight is 178 g/mol. The summed E-state index contributed by atoms with van der Waals surface area (Å²) in [6.07, 6.45) is 6.94. The van der Waals surface area contributed by atoms with Gasteiger partial charge in [0.15, 0.2) is 0 Å². The first-order chi connectivity index (χ1) is 4.93. The zero-order valence-electron chi connectivity index (χ0n) is 6.70. The van der Waals surface area contributed by atoms with Crippen LogP contribution in [0.3, 0.4) is 0 Å². The number of likely N-dealkylation sites (tertiary alicyclic amines) is 1. The molecule has 1 N–H and O–H groups in total. The van der Waals surface area contributed by atoms with E-state index in [-0.39, 0.29) is 12.4 Å². The predicted molar refractivity (Wildman–Crippen MR) is 49.3 cm³/mol. The second kappa shape index (κ2) is 6.50. The topological polar surface area (TPSA) is 23.5 Å². The lowest BCUT2D eigenvalue weighted by Gasteiger charge is -2.24. The van der Waals surface area contributed by atoms with Gasteiger partial charge in [0.25, 0.3) is 0 Å². The first-order valence-electron chi connectivity index (χ1n) is 3.95. The molecule has 0 bridgehead atoms. The molecule has 0 atom stereocenters. The number of halogens is 1. The molecule has 3 heteroatoms. The lowest BCUT2D eigenvalue weighted by Crippen LogP contribution is -2.29. The fraction of sp³-hybridized carbons (Fsp3) is 0.750. The molecule has 0 aromatic heterocycles. The van der Waals surface area contributed by atoms with Crippen molar-refractivity contribution < 1.29 is 5.11 Å². The molecule has 1 rings (SSSR count). The van der Waals surface area contributed by atoms with Crippen molar-refractivity contribution >= 4 is 12.4 Å². The van der Waals surface area contributed by atoms with Crippen molar-refractivity contribution in [1.29, 1.82) is 0 Å². The van der Waals surface area contributed by atoms with Crippen LogP contribution in [-0.2, 0) is 0 Å². The van der Waals surface area contributed by atoms with Gasteiger partial charge in [-0.1, -0.05) is 6.42 Å². The smallest absolute Gasteiger partial charge is 0.0764 e. The van der Waals surface area contributed by atoms with Gasteiger partial charge in [-0.25, -0.2) is 0 Å². The Balaban J connectivity index is 0.000001000. The van der Waals surface area contributed by atoms with E-state index in [0.29, 0.717) is 0 Å². The van der Waals surface area contributed by atoms with E-state index >= 15 is 0 Å². The van der Waals surface area contributed by atoms with Gasteiger partial charge in [0.2, 0.25) is 0 Å². The fourth-order valence-electron chi connectivity index (χ4n) is 1.34. The van der Waals surface area contributed by atoms with Crippen LogP contribution in [0.5, 0.6) is 0 Å². The summed E-state index contributed by atoms with van der Waals surface area (Å²) in [6, 6.07) is 0. The van der Waals surface area contributed by atoms with Crippen molar-refractivity contribution in [2.75, 3.05) is 19.6 Å². The second-order valence-electron chi connectivity index (χ2n) is 2.75. The Morgan fingerprint density at radius 1 is 1.18 bits per heavy atom. The van der Waals surface area contributed by atoms with E-state index in [1.54, 1.807) is 6.08 Å². The average Bonchev–Trinajstić information content (AvgIpc) is 2.03. The van der Waals surface area contributed by atoms with Crippen molar-refractivity contribution in [3.63, 3.8) is 0 Å². The summed E-state index contributed by atoms with van der Waals surface area (Å²) in [5, 5.41) is 8.39. The molecule has 66 valence electrons. The first kappa shape index (κ1) is 10.8. The summed E-state index contributed by atoms with van der Waals surface area (Å²) in [5.41, 5.74) is 0. The summed E-state index contributed by atoms with van der Waals surface area (Å²) in [5.74, 6) is 0. The van der Waals surface area contributed by atoms with Gasteiger partial charge < -0.3 is 5.11 Å². The van der Waals surface area contributed by atoms with E-state index in [4.69, 9.17) is 5.11 Å². The molecule has 1 fully saturated rings. The Bertz CT molecular complexity index is 111. The minimum atomic E-state index is 0. The maximum absolute atomic E-state index is 8.39. The highest BCUT2D eigenvalue weighted by Gasteiger charge is 2.06. The van der Waals surface area contributed by atoms with Gasteiger partial charge in [0, 0.05) is 6.54 Å². The summed E-state index contributed by atoms with van der Waals surface area (Å²) in [7, 11) is 0. The highest BCUT2D eigenvalue weighted by molar-refractivity contribution is 5.85. The lowest BCUT2D eigenvalue weighted by molar-refractivity contribution is 0.250. The standard InChI is InChI=1S/C8H15NO.ClH/c10-8-4-7-9-5-2-1-3-6-9;/h4,8,10H,1-3,5-7H2;1H. The molecule has 1 saturated heterocycles. The van der Waals surface area contributed by atoms with Gasteiger partial charge in [-0.2, -0.15) is 0 Å². The molecule has 0 aliphatic carbocycles. The Hall–Kier alpha value is -0.210. The van der Waals surface area contributed by atoms with Gasteiger partial charge in [0.1, 0.15) is 0 Å². The van der Waals surface area contributed by atoms with E-state index in [0.717, 1.165) is 12.8 Å². The van der Waals surface area contributed by atoms with Crippen LogP contribution < -0.4 is 0 Å². The van der Waals surface area contributed by atoms with E-state index < -0.39 is 0 Å². The number of aliphatic hydroxyl groups is 1. The Kier molecular flexibility index (Phi) is 6.37. The number of aliphatic hydroxyl groups excluding tert-OH is 1. The highest BCUT2D eigenvalue weighted by Crippen LogP contribution is 2.07. The number of nitrogens with zero attached hydrogens (tertiary/aromatic N) is 1. The van der Waals surface area contributed by atoms with Crippen molar-refractivity contribution in [1.82, 2.24) is 4.90 Å². The van der Waals surface area contributed by atoms with Crippen molar-refractivity contribution in [2.45, 2.75) is 19.3 Å². The summed E-state index contributed by atoms with van der Waals surface area (Å²) in [4.78, 5) is 2.36. The van der Waals surface area contributed by atoms with Crippen LogP contribution in [0.2, 0.25) is 0 Å². The number of hydrogen-bond donors (Lipinski definition) is 1. The minimum Gasteiger partial charge on any atom is -0.516 e. The van der Waals surface area contributed by atoms with Gasteiger partial charge in [-0.3, -0.25) is 4.90 Å². The Labute approximate surface area is 74.3 Å². The van der Waals surface area contributed by atoms with Gasteiger partial charge >= 0.3 is 0 Å². The third-order valence-corrected chi connectivity index (χ3v) is 1.92. The molecule has 0 amide bonds. The third kappa shape index (κ3) is 4.27. The van der Waals surface area contributed by atoms with Crippen LogP contribution in [0.1, 0.15) is 19.3 Å². The molecule has 0 aromatic rings. The molecule has 1 aliphatic rings. The largest absolute Gasteiger partial charge is 0.516 e. The van der Waals surface area contributed by atoms with Crippen LogP contribution in [0.15, 0.2) is 12.3 Å². The fourth-order valence-corrected chi connectivity index (χ4v) is 1.34. The van der Waals surface area contributed by atoms with E-state index in [1.165, 1.54) is 32.4 Å². The summed E-state index contributed by atoms with van der Waals surface area (Å²) >= 11 is 0. The molecule has 0 unspecified atom stereocenters. The van der Waals surface area contributed by atoms with Gasteiger partial charge in [-0.15, -0.1) is 12.4 Å². The molecular formula is C8H16ClNO. The zero-order valence-corrected chi connectivity index (χ0v) is 7.52. The number of rotatable bonds is 2. The SMILES string of the molecule is Cl.OC=CCN1CCCCC1. The first-order valence-corrected chi connectivity index (χ1v) is 3.95. The molecule has 1 heterocycles. The summed E-state index contributed by atoms with van der Waals surface area (Å²) < 4.78 is 0. The van der Waals surface area contributed by atoms with E-state index in [1.807, 2.05) is 0 Å². The Morgan fingerprint density at radius 3 is 2.36 bits per heavy atom. The molecular weight excluding hydrogens is 162 g/mol. The summed E-state index contributed by atoms with van der Waals surface area (Å²) in [6.45, 7) is 3.31. The normalized spacial score (nSPS) is 20.0. The Morgan fingerprint density at radius 2 is 1.82 bits per heavy atom. The predicted octanol–water partition coefficient (Wildman–Crippen LogP) is 1.97. The molecule has 1 aliphatic heterocycles. The third-order valence-electron chi connectivity index (χ3n) is 1.92. The number of hydrogen-bond acceptors (Lipinski definition) is 2. The molecule has 0 saturated carbocycles. The maximum Gasteiger partial charge on any atom is 0.0764 e. The lowest BCUT2D eigenvalue weighted by atomic mass is 10.1. The van der Waals surface area contributed by atoms with Crippen LogP contribution in [-0.4, -0.2) is 29.6 Å². The van der Waals surface area contributed by atoms with Crippen LogP contribution >= 0.6 is 12.4 Å². The van der Waals surface area contributed by atoms with Crippen molar-refractivity contribution in [2.24, 2.45) is 0 Å². The zero-order chi connectivity index (χ0) is 7.23. The molecule has 0 radical (unpaired) electrons. The van der Waals surface area contributed by atoms with Crippen molar-refractivity contribution in [3.05, 3.63) is 12.3 Å². The van der Waals surface area contributed by atoms with E-state index in [2.05, 4.69) is 4.90 Å². The van der Waals surface area contributed by atoms with Crippen molar-refractivity contribution in [3.8, 4) is 0 Å².